The summed E-state index contributed by atoms with van der Waals surface area (Å²) in [7, 11) is 0. The summed E-state index contributed by atoms with van der Waals surface area (Å²) in [4.78, 5) is 16.3. The first-order valence-corrected chi connectivity index (χ1v) is 7.56. The zero-order chi connectivity index (χ0) is 14.6. The molecule has 0 aromatic carbocycles. The van der Waals surface area contributed by atoms with Crippen LogP contribution in [0.15, 0.2) is 5.38 Å². The van der Waals surface area contributed by atoms with E-state index in [4.69, 9.17) is 0 Å². The molecular formula is C14H25N3OS. The summed E-state index contributed by atoms with van der Waals surface area (Å²) in [6.07, 6.45) is 0. The molecule has 5 heteroatoms. The van der Waals surface area contributed by atoms with Gasteiger partial charge in [-0.1, -0.05) is 20.8 Å². The van der Waals surface area contributed by atoms with Crippen molar-refractivity contribution in [1.82, 2.24) is 15.6 Å². The van der Waals surface area contributed by atoms with Crippen LogP contribution >= 0.6 is 11.3 Å². The van der Waals surface area contributed by atoms with E-state index in [2.05, 4.69) is 41.8 Å². The first-order valence-electron chi connectivity index (χ1n) is 6.69. The monoisotopic (exact) mass is 283 g/mol. The Hall–Kier alpha value is -0.940. The molecule has 0 saturated heterocycles. The summed E-state index contributed by atoms with van der Waals surface area (Å²) in [5.74, 6) is 0.0290. The van der Waals surface area contributed by atoms with Gasteiger partial charge in [0, 0.05) is 23.4 Å². The van der Waals surface area contributed by atoms with Gasteiger partial charge in [0.25, 0.3) is 0 Å². The number of hydrogen-bond donors (Lipinski definition) is 2. The van der Waals surface area contributed by atoms with Crippen LogP contribution in [0.1, 0.15) is 52.2 Å². The zero-order valence-electron chi connectivity index (χ0n) is 12.7. The predicted octanol–water partition coefficient (Wildman–Crippen LogP) is 2.44. The maximum absolute atomic E-state index is 11.7. The summed E-state index contributed by atoms with van der Waals surface area (Å²) < 4.78 is 0. The Kier molecular flexibility index (Phi) is 5.50. The lowest BCUT2D eigenvalue weighted by Crippen LogP contribution is -2.44. The molecule has 1 amide bonds. The number of carbonyl (C=O) groups excluding carboxylic acids is 1. The van der Waals surface area contributed by atoms with E-state index < -0.39 is 0 Å². The van der Waals surface area contributed by atoms with E-state index in [1.54, 1.807) is 11.3 Å². The van der Waals surface area contributed by atoms with E-state index in [0.717, 1.165) is 10.7 Å². The topological polar surface area (TPSA) is 54.0 Å². The van der Waals surface area contributed by atoms with Gasteiger partial charge in [-0.15, -0.1) is 11.3 Å². The fourth-order valence-electron chi connectivity index (χ4n) is 1.49. The van der Waals surface area contributed by atoms with Crippen molar-refractivity contribution in [3.8, 4) is 0 Å². The van der Waals surface area contributed by atoms with Crippen LogP contribution in [-0.4, -0.2) is 23.0 Å². The van der Waals surface area contributed by atoms with Gasteiger partial charge in [0.2, 0.25) is 5.91 Å². The summed E-state index contributed by atoms with van der Waals surface area (Å²) in [6.45, 7) is 12.9. The summed E-state index contributed by atoms with van der Waals surface area (Å²) >= 11 is 1.68. The number of nitrogens with zero attached hydrogens (tertiary/aromatic N) is 1. The van der Waals surface area contributed by atoms with Gasteiger partial charge < -0.3 is 10.6 Å². The molecule has 0 radical (unpaired) electrons. The molecule has 0 aliphatic rings. The largest absolute Gasteiger partial charge is 0.353 e. The highest BCUT2D eigenvalue weighted by atomic mass is 32.1. The van der Waals surface area contributed by atoms with Crippen molar-refractivity contribution < 1.29 is 4.79 Å². The van der Waals surface area contributed by atoms with Crippen molar-refractivity contribution in [3.63, 3.8) is 0 Å². The molecule has 0 aliphatic carbocycles. The molecule has 1 heterocycles. The summed E-state index contributed by atoms with van der Waals surface area (Å²) in [5, 5.41) is 9.27. The van der Waals surface area contributed by atoms with Crippen LogP contribution in [0.25, 0.3) is 0 Å². The average molecular weight is 283 g/mol. The van der Waals surface area contributed by atoms with Gasteiger partial charge in [-0.25, -0.2) is 4.98 Å². The van der Waals surface area contributed by atoms with Crippen LogP contribution in [0.2, 0.25) is 0 Å². The number of nitrogens with one attached hydrogen (secondary N) is 2. The molecule has 1 aromatic rings. The molecule has 19 heavy (non-hydrogen) atoms. The van der Waals surface area contributed by atoms with Gasteiger partial charge in [-0.2, -0.15) is 0 Å². The number of carbonyl (C=O) groups is 1. The first-order chi connectivity index (χ1) is 8.70. The molecule has 1 aromatic heterocycles. The van der Waals surface area contributed by atoms with E-state index in [0.29, 0.717) is 6.54 Å². The molecular weight excluding hydrogens is 258 g/mol. The molecule has 0 aliphatic heterocycles. The van der Waals surface area contributed by atoms with Crippen molar-refractivity contribution in [2.75, 3.05) is 0 Å². The van der Waals surface area contributed by atoms with Crippen molar-refractivity contribution in [1.29, 1.82) is 0 Å². The number of thiazole rings is 1. The van der Waals surface area contributed by atoms with Crippen molar-refractivity contribution in [2.45, 2.75) is 65.6 Å². The average Bonchev–Trinajstić information content (AvgIpc) is 2.72. The third kappa shape index (κ3) is 5.28. The van der Waals surface area contributed by atoms with E-state index >= 15 is 0 Å². The highest BCUT2D eigenvalue weighted by molar-refractivity contribution is 7.09. The molecule has 0 saturated carbocycles. The van der Waals surface area contributed by atoms with Crippen LogP contribution in [0.5, 0.6) is 0 Å². The van der Waals surface area contributed by atoms with Crippen LogP contribution in [-0.2, 0) is 16.8 Å². The van der Waals surface area contributed by atoms with E-state index in [1.807, 2.05) is 20.8 Å². The Morgan fingerprint density at radius 1 is 1.37 bits per heavy atom. The Morgan fingerprint density at radius 2 is 2.00 bits per heavy atom. The van der Waals surface area contributed by atoms with Gasteiger partial charge in [-0.05, 0) is 20.8 Å². The Bertz CT molecular complexity index is 421. The molecule has 1 atom stereocenters. The Morgan fingerprint density at radius 3 is 2.47 bits per heavy atom. The van der Waals surface area contributed by atoms with Gasteiger partial charge in [0.1, 0.15) is 0 Å². The maximum Gasteiger partial charge on any atom is 0.237 e. The molecule has 0 bridgehead atoms. The second kappa shape index (κ2) is 6.48. The first kappa shape index (κ1) is 16.1. The minimum absolute atomic E-state index is 0.0290. The van der Waals surface area contributed by atoms with Crippen molar-refractivity contribution >= 4 is 17.2 Å². The molecule has 4 nitrogen and oxygen atoms in total. The fraction of sp³-hybridized carbons (Fsp3) is 0.714. The van der Waals surface area contributed by atoms with Crippen LogP contribution in [0.4, 0.5) is 0 Å². The zero-order valence-corrected chi connectivity index (χ0v) is 13.5. The smallest absolute Gasteiger partial charge is 0.237 e. The fourth-order valence-corrected chi connectivity index (χ4v) is 2.40. The van der Waals surface area contributed by atoms with Gasteiger partial charge in [-0.3, -0.25) is 4.79 Å². The van der Waals surface area contributed by atoms with Gasteiger partial charge in [0.15, 0.2) is 0 Å². The SMILES string of the molecule is CC(C)NC(=O)C(C)NCc1csc(C(C)(C)C)n1. The highest BCUT2D eigenvalue weighted by Gasteiger charge is 2.18. The summed E-state index contributed by atoms with van der Waals surface area (Å²) in [6, 6.07) is -0.0364. The maximum atomic E-state index is 11.7. The predicted molar refractivity (Wildman–Crippen MR) is 80.4 cm³/mol. The van der Waals surface area contributed by atoms with Gasteiger partial charge in [0.05, 0.1) is 16.7 Å². The quantitative estimate of drug-likeness (QED) is 0.872. The minimum Gasteiger partial charge on any atom is -0.353 e. The molecule has 1 rings (SSSR count). The number of aromatic nitrogens is 1. The number of hydrogen-bond acceptors (Lipinski definition) is 4. The molecule has 1 unspecified atom stereocenters. The summed E-state index contributed by atoms with van der Waals surface area (Å²) in [5.41, 5.74) is 1.09. The minimum atomic E-state index is -0.206. The molecule has 2 N–H and O–H groups in total. The molecule has 108 valence electrons. The van der Waals surface area contributed by atoms with Crippen molar-refractivity contribution in [3.05, 3.63) is 16.1 Å². The van der Waals surface area contributed by atoms with Crippen LogP contribution < -0.4 is 10.6 Å². The lowest BCUT2D eigenvalue weighted by molar-refractivity contribution is -0.123. The van der Waals surface area contributed by atoms with Crippen LogP contribution in [0, 0.1) is 0 Å². The second-order valence-corrected chi connectivity index (χ2v) is 7.02. The third-order valence-corrected chi connectivity index (χ3v) is 3.92. The highest BCUT2D eigenvalue weighted by Crippen LogP contribution is 2.25. The van der Waals surface area contributed by atoms with Gasteiger partial charge >= 0.3 is 0 Å². The van der Waals surface area contributed by atoms with E-state index in [-0.39, 0.29) is 23.4 Å². The van der Waals surface area contributed by atoms with Crippen LogP contribution in [0.3, 0.4) is 0 Å². The van der Waals surface area contributed by atoms with Crippen molar-refractivity contribution in [2.24, 2.45) is 0 Å². The normalized spacial score (nSPS) is 13.6. The molecule has 0 fully saturated rings. The molecule has 0 spiro atoms. The number of rotatable bonds is 5. The Labute approximate surface area is 120 Å². The number of amides is 1. The van der Waals surface area contributed by atoms with E-state index in [9.17, 15) is 4.79 Å². The van der Waals surface area contributed by atoms with E-state index in [1.165, 1.54) is 0 Å². The lowest BCUT2D eigenvalue weighted by atomic mass is 9.98. The lowest BCUT2D eigenvalue weighted by Gasteiger charge is -2.15. The third-order valence-electron chi connectivity index (χ3n) is 2.61. The second-order valence-electron chi connectivity index (χ2n) is 6.16. The Balaban J connectivity index is 2.49. The standard InChI is InChI=1S/C14H25N3OS/c1-9(2)16-12(18)10(3)15-7-11-8-19-13(17-11)14(4,5)6/h8-10,15H,7H2,1-6H3,(H,16,18).